The fourth-order valence-electron chi connectivity index (χ4n) is 1.74. The Morgan fingerprint density at radius 1 is 1.47 bits per heavy atom. The molecule has 1 aromatic carbocycles. The molecule has 0 unspecified atom stereocenters. The van der Waals surface area contributed by atoms with Gasteiger partial charge in [-0.1, -0.05) is 15.9 Å². The lowest BCUT2D eigenvalue weighted by atomic mass is 10.1. The minimum atomic E-state index is -0.422. The minimum absolute atomic E-state index is 0.0300. The van der Waals surface area contributed by atoms with Crippen LogP contribution in [0.25, 0.3) is 11.3 Å². The van der Waals surface area contributed by atoms with E-state index in [1.54, 1.807) is 30.1 Å². The Morgan fingerprint density at radius 3 is 2.84 bits per heavy atom. The number of hydrogen-bond acceptors (Lipinski definition) is 4. The van der Waals surface area contributed by atoms with Crippen LogP contribution >= 0.6 is 15.9 Å². The van der Waals surface area contributed by atoms with Crippen molar-refractivity contribution in [3.63, 3.8) is 0 Å². The van der Waals surface area contributed by atoms with Crippen LogP contribution in [0.1, 0.15) is 0 Å². The summed E-state index contributed by atoms with van der Waals surface area (Å²) in [7, 11) is 1.78. The summed E-state index contributed by atoms with van der Waals surface area (Å²) >= 11 is 3.28. The molecule has 100 valence electrons. The second-order valence-electron chi connectivity index (χ2n) is 3.82. The predicted molar refractivity (Wildman–Crippen MR) is 74.6 cm³/mol. The number of ether oxygens (including phenoxy) is 1. The highest BCUT2D eigenvalue weighted by atomic mass is 79.9. The number of non-ortho nitro benzene ring substituents is 1. The van der Waals surface area contributed by atoms with Gasteiger partial charge in [0.05, 0.1) is 17.2 Å². The van der Waals surface area contributed by atoms with E-state index in [0.29, 0.717) is 23.2 Å². The summed E-state index contributed by atoms with van der Waals surface area (Å²) in [4.78, 5) is 10.4. The molecule has 0 N–H and O–H groups in total. The van der Waals surface area contributed by atoms with Crippen molar-refractivity contribution >= 4 is 21.6 Å². The number of alkyl halides is 1. The monoisotopic (exact) mass is 325 g/mol. The topological polar surface area (TPSA) is 70.2 Å². The van der Waals surface area contributed by atoms with Gasteiger partial charge in [-0.2, -0.15) is 5.10 Å². The number of aryl methyl sites for hydroxylation is 1. The van der Waals surface area contributed by atoms with Crippen LogP contribution in [-0.4, -0.2) is 26.6 Å². The summed E-state index contributed by atoms with van der Waals surface area (Å²) in [6, 6.07) is 6.34. The number of halogens is 1. The summed E-state index contributed by atoms with van der Waals surface area (Å²) in [6.07, 6.45) is 1.64. The van der Waals surface area contributed by atoms with Gasteiger partial charge < -0.3 is 4.74 Å². The van der Waals surface area contributed by atoms with Crippen LogP contribution in [0.5, 0.6) is 5.75 Å². The van der Waals surface area contributed by atoms with E-state index < -0.39 is 4.92 Å². The Bertz CT molecular complexity index is 598. The number of nitrogens with zero attached hydrogens (tertiary/aromatic N) is 3. The first-order valence-corrected chi connectivity index (χ1v) is 6.71. The zero-order valence-corrected chi connectivity index (χ0v) is 11.8. The first kappa shape index (κ1) is 13.5. The second kappa shape index (κ2) is 5.83. The van der Waals surface area contributed by atoms with E-state index in [4.69, 9.17) is 4.74 Å². The minimum Gasteiger partial charge on any atom is -0.492 e. The van der Waals surface area contributed by atoms with Crippen molar-refractivity contribution in [2.45, 2.75) is 0 Å². The van der Waals surface area contributed by atoms with Gasteiger partial charge in [0, 0.05) is 36.3 Å². The summed E-state index contributed by atoms with van der Waals surface area (Å²) in [5.41, 5.74) is 1.46. The number of nitro benzene ring substituents is 1. The van der Waals surface area contributed by atoms with Crippen molar-refractivity contribution in [3.05, 3.63) is 40.6 Å². The second-order valence-corrected chi connectivity index (χ2v) is 4.61. The molecule has 6 nitrogen and oxygen atoms in total. The molecule has 0 aliphatic rings. The van der Waals surface area contributed by atoms with Crippen molar-refractivity contribution < 1.29 is 9.66 Å². The average molecular weight is 326 g/mol. The van der Waals surface area contributed by atoms with Crippen LogP contribution in [0.2, 0.25) is 0 Å². The van der Waals surface area contributed by atoms with E-state index >= 15 is 0 Å². The number of aromatic nitrogens is 2. The SMILES string of the molecule is Cn1nccc1-c1cc([N+](=O)[O-])ccc1OCCBr. The Labute approximate surface area is 118 Å². The summed E-state index contributed by atoms with van der Waals surface area (Å²) in [6.45, 7) is 0.489. The highest BCUT2D eigenvalue weighted by Crippen LogP contribution is 2.33. The summed E-state index contributed by atoms with van der Waals surface area (Å²) < 4.78 is 7.24. The maximum absolute atomic E-state index is 10.9. The van der Waals surface area contributed by atoms with E-state index in [9.17, 15) is 10.1 Å². The predicted octanol–water partition coefficient (Wildman–Crippen LogP) is 2.77. The lowest BCUT2D eigenvalue weighted by molar-refractivity contribution is -0.384. The Balaban J connectivity index is 2.50. The molecule has 0 bridgehead atoms. The van der Waals surface area contributed by atoms with E-state index in [0.717, 1.165) is 5.69 Å². The molecule has 0 radical (unpaired) electrons. The Hall–Kier alpha value is -1.89. The molecule has 2 aromatic rings. The molecule has 0 saturated heterocycles. The molecule has 7 heteroatoms. The molecule has 1 aromatic heterocycles. The molecule has 1 heterocycles. The van der Waals surface area contributed by atoms with Gasteiger partial charge in [0.15, 0.2) is 0 Å². The molecular formula is C12H12BrN3O3. The first-order chi connectivity index (χ1) is 9.13. The first-order valence-electron chi connectivity index (χ1n) is 5.59. The largest absolute Gasteiger partial charge is 0.492 e. The molecule has 0 aliphatic heterocycles. The van der Waals surface area contributed by atoms with Crippen molar-refractivity contribution in [1.29, 1.82) is 0 Å². The number of nitro groups is 1. The highest BCUT2D eigenvalue weighted by molar-refractivity contribution is 9.09. The molecule has 0 aliphatic carbocycles. The molecule has 0 fully saturated rings. The van der Waals surface area contributed by atoms with Gasteiger partial charge >= 0.3 is 0 Å². The van der Waals surface area contributed by atoms with Crippen molar-refractivity contribution in [3.8, 4) is 17.0 Å². The van der Waals surface area contributed by atoms with Gasteiger partial charge in [-0.05, 0) is 12.1 Å². The van der Waals surface area contributed by atoms with Gasteiger partial charge in [0.25, 0.3) is 5.69 Å². The number of benzene rings is 1. The Kier molecular flexibility index (Phi) is 4.16. The van der Waals surface area contributed by atoms with Crippen LogP contribution in [0.4, 0.5) is 5.69 Å². The molecule has 19 heavy (non-hydrogen) atoms. The van der Waals surface area contributed by atoms with Gasteiger partial charge in [-0.25, -0.2) is 0 Å². The van der Waals surface area contributed by atoms with Crippen LogP contribution in [0.15, 0.2) is 30.5 Å². The van der Waals surface area contributed by atoms with Crippen LogP contribution < -0.4 is 4.74 Å². The quantitative estimate of drug-likeness (QED) is 0.481. The zero-order valence-electron chi connectivity index (χ0n) is 10.2. The maximum atomic E-state index is 10.9. The number of rotatable bonds is 5. The third kappa shape index (κ3) is 2.93. The molecular weight excluding hydrogens is 314 g/mol. The maximum Gasteiger partial charge on any atom is 0.270 e. The van der Waals surface area contributed by atoms with Gasteiger partial charge in [-0.3, -0.25) is 14.8 Å². The fourth-order valence-corrected chi connectivity index (χ4v) is 1.91. The van der Waals surface area contributed by atoms with Gasteiger partial charge in [-0.15, -0.1) is 0 Å². The number of hydrogen-bond donors (Lipinski definition) is 0. The van der Waals surface area contributed by atoms with Gasteiger partial charge in [0.1, 0.15) is 5.75 Å². The highest BCUT2D eigenvalue weighted by Gasteiger charge is 2.15. The average Bonchev–Trinajstić information content (AvgIpc) is 2.82. The lowest BCUT2D eigenvalue weighted by Crippen LogP contribution is -2.02. The lowest BCUT2D eigenvalue weighted by Gasteiger charge is -2.10. The third-order valence-corrected chi connectivity index (χ3v) is 2.93. The van der Waals surface area contributed by atoms with E-state index in [2.05, 4.69) is 21.0 Å². The Morgan fingerprint density at radius 2 is 2.26 bits per heavy atom. The smallest absolute Gasteiger partial charge is 0.270 e. The van der Waals surface area contributed by atoms with Crippen LogP contribution in [0, 0.1) is 10.1 Å². The molecule has 2 rings (SSSR count). The van der Waals surface area contributed by atoms with Crippen molar-refractivity contribution in [2.75, 3.05) is 11.9 Å². The van der Waals surface area contributed by atoms with Crippen molar-refractivity contribution in [1.82, 2.24) is 9.78 Å². The summed E-state index contributed by atoms with van der Waals surface area (Å²) in [5.74, 6) is 0.605. The molecule has 0 saturated carbocycles. The third-order valence-electron chi connectivity index (χ3n) is 2.61. The van der Waals surface area contributed by atoms with E-state index in [1.807, 2.05) is 0 Å². The van der Waals surface area contributed by atoms with E-state index in [-0.39, 0.29) is 5.69 Å². The van der Waals surface area contributed by atoms with Crippen LogP contribution in [-0.2, 0) is 7.05 Å². The molecule has 0 spiro atoms. The summed E-state index contributed by atoms with van der Waals surface area (Å²) in [5, 5.41) is 15.6. The molecule has 0 amide bonds. The zero-order chi connectivity index (χ0) is 13.8. The van der Waals surface area contributed by atoms with Crippen LogP contribution in [0.3, 0.4) is 0 Å². The standard InChI is InChI=1S/C12H12BrN3O3/c1-15-11(4-6-14-15)10-8-9(16(17)18)2-3-12(10)19-7-5-13/h2-4,6,8H,5,7H2,1H3. The van der Waals surface area contributed by atoms with Gasteiger partial charge in [0.2, 0.25) is 0 Å². The fraction of sp³-hybridized carbons (Fsp3) is 0.250. The molecule has 0 atom stereocenters. The normalized spacial score (nSPS) is 10.4. The van der Waals surface area contributed by atoms with E-state index in [1.165, 1.54) is 12.1 Å². The van der Waals surface area contributed by atoms with Crippen molar-refractivity contribution in [2.24, 2.45) is 7.05 Å².